The molecule has 5 rings (SSSR count). The molecule has 0 radical (unpaired) electrons. The summed E-state index contributed by atoms with van der Waals surface area (Å²) < 4.78 is 5.23. The van der Waals surface area contributed by atoms with Gasteiger partial charge in [0.2, 0.25) is 0 Å². The first-order chi connectivity index (χ1) is 20.0. The lowest BCUT2D eigenvalue weighted by Crippen LogP contribution is -2.52. The van der Waals surface area contributed by atoms with Crippen LogP contribution < -0.4 is 4.74 Å². The number of hydrogen-bond acceptors (Lipinski definition) is 4. The van der Waals surface area contributed by atoms with Gasteiger partial charge in [-0.1, -0.05) is 104 Å². The molecule has 0 bridgehead atoms. The third-order valence-electron chi connectivity index (χ3n) is 7.77. The topological polar surface area (TPSA) is 66.9 Å². The average Bonchev–Trinajstić information content (AvgIpc) is 3.26. The van der Waals surface area contributed by atoms with Crippen molar-refractivity contribution in [2.75, 3.05) is 13.7 Å². The lowest BCUT2D eigenvalue weighted by atomic mass is 9.75. The molecule has 0 saturated carbocycles. The van der Waals surface area contributed by atoms with Crippen molar-refractivity contribution in [2.45, 2.75) is 37.8 Å². The van der Waals surface area contributed by atoms with Crippen LogP contribution >= 0.6 is 0 Å². The second-order valence-electron chi connectivity index (χ2n) is 10.2. The molecular formula is C35H34N2O4. The van der Waals surface area contributed by atoms with Crippen molar-refractivity contribution in [3.63, 3.8) is 0 Å². The van der Waals surface area contributed by atoms with Crippen LogP contribution in [0.15, 0.2) is 115 Å². The Labute approximate surface area is 241 Å². The van der Waals surface area contributed by atoms with E-state index in [1.165, 1.54) is 4.90 Å². The smallest absolute Gasteiger partial charge is 0.328 e. The van der Waals surface area contributed by atoms with Crippen LogP contribution in [0, 0.1) is 0 Å². The maximum atomic E-state index is 14.6. The molecule has 3 amide bonds. The van der Waals surface area contributed by atoms with Crippen molar-refractivity contribution in [1.82, 2.24) is 9.80 Å². The fourth-order valence-corrected chi connectivity index (χ4v) is 5.72. The second-order valence-corrected chi connectivity index (χ2v) is 10.2. The molecule has 1 unspecified atom stereocenters. The molecule has 1 aliphatic rings. The summed E-state index contributed by atoms with van der Waals surface area (Å²) in [5, 5.41) is 0. The van der Waals surface area contributed by atoms with E-state index in [-0.39, 0.29) is 18.1 Å². The van der Waals surface area contributed by atoms with Crippen LogP contribution in [0.3, 0.4) is 0 Å². The zero-order valence-corrected chi connectivity index (χ0v) is 23.4. The predicted octanol–water partition coefficient (Wildman–Crippen LogP) is 6.69. The van der Waals surface area contributed by atoms with E-state index < -0.39 is 17.6 Å². The number of Topliss-reactive ketones (excluding diaryl/α,β-unsaturated/α-hetero) is 1. The molecule has 6 nitrogen and oxygen atoms in total. The normalized spacial score (nSPS) is 15.3. The van der Waals surface area contributed by atoms with E-state index in [0.717, 1.165) is 29.5 Å². The Hall–Kier alpha value is -4.71. The molecule has 4 aromatic rings. The van der Waals surface area contributed by atoms with Crippen molar-refractivity contribution in [3.05, 3.63) is 138 Å². The zero-order valence-electron chi connectivity index (χ0n) is 23.4. The first kappa shape index (κ1) is 27.8. The minimum atomic E-state index is -1.24. The van der Waals surface area contributed by atoms with E-state index in [4.69, 9.17) is 4.74 Å². The van der Waals surface area contributed by atoms with Gasteiger partial charge in [0.15, 0.2) is 5.78 Å². The number of benzene rings is 4. The van der Waals surface area contributed by atoms with Gasteiger partial charge in [-0.3, -0.25) is 9.59 Å². The second kappa shape index (κ2) is 12.2. The third-order valence-corrected chi connectivity index (χ3v) is 7.77. The number of amides is 3. The van der Waals surface area contributed by atoms with E-state index in [1.807, 2.05) is 97.9 Å². The summed E-state index contributed by atoms with van der Waals surface area (Å²) in [5.74, 6) is 0.0548. The van der Waals surface area contributed by atoms with Gasteiger partial charge in [-0.2, -0.15) is 0 Å². The molecule has 1 atom stereocenters. The summed E-state index contributed by atoms with van der Waals surface area (Å²) in [7, 11) is 1.57. The third kappa shape index (κ3) is 5.13. The lowest BCUT2D eigenvalue weighted by molar-refractivity contribution is -0.131. The predicted molar refractivity (Wildman–Crippen MR) is 159 cm³/mol. The molecule has 1 fully saturated rings. The van der Waals surface area contributed by atoms with Crippen molar-refractivity contribution in [2.24, 2.45) is 0 Å². The quantitative estimate of drug-likeness (QED) is 0.119. The number of urea groups is 1. The van der Waals surface area contributed by atoms with E-state index in [0.29, 0.717) is 17.9 Å². The van der Waals surface area contributed by atoms with Gasteiger partial charge in [-0.05, 0) is 47.4 Å². The Kier molecular flexibility index (Phi) is 8.29. The summed E-state index contributed by atoms with van der Waals surface area (Å²) in [6.07, 6.45) is 1.46. The monoisotopic (exact) mass is 546 g/mol. The van der Waals surface area contributed by atoms with E-state index in [1.54, 1.807) is 36.3 Å². The summed E-state index contributed by atoms with van der Waals surface area (Å²) in [4.78, 5) is 45.6. The molecule has 208 valence electrons. The van der Waals surface area contributed by atoms with Gasteiger partial charge in [0.1, 0.15) is 17.3 Å². The Balaban J connectivity index is 1.67. The summed E-state index contributed by atoms with van der Waals surface area (Å²) in [6.45, 7) is 2.42. The van der Waals surface area contributed by atoms with Gasteiger partial charge in [0.05, 0.1) is 7.11 Å². The minimum absolute atomic E-state index is 0.106. The first-order valence-electron chi connectivity index (χ1n) is 14.0. The molecule has 4 aromatic carbocycles. The number of carbonyl (C=O) groups excluding carboxylic acids is 3. The van der Waals surface area contributed by atoms with Crippen LogP contribution in [0.4, 0.5) is 4.79 Å². The number of ketones is 1. The standard InChI is InChI=1S/C35H34N2O4/c1-3-4-24-36-31(25-32(38)26-20-22-30(41-2)23-21-26)33(39)37(34(36)40)35(27-14-8-5-9-15-27,28-16-10-6-11-17-28)29-18-12-7-13-19-29/h5-23,31H,3-4,24-25H2,1-2H3. The average molecular weight is 547 g/mol. The molecule has 6 heteroatoms. The number of imide groups is 1. The zero-order chi connectivity index (χ0) is 28.8. The van der Waals surface area contributed by atoms with Crippen LogP contribution in [0.2, 0.25) is 0 Å². The number of ether oxygens (including phenoxy) is 1. The van der Waals surface area contributed by atoms with Gasteiger partial charge in [-0.25, -0.2) is 9.69 Å². The maximum Gasteiger partial charge on any atom is 0.328 e. The highest BCUT2D eigenvalue weighted by Crippen LogP contribution is 2.45. The number of unbranched alkanes of at least 4 members (excludes halogenated alkanes) is 1. The van der Waals surface area contributed by atoms with Crippen LogP contribution in [0.25, 0.3) is 0 Å². The summed E-state index contributed by atoms with van der Waals surface area (Å²) >= 11 is 0. The van der Waals surface area contributed by atoms with Crippen LogP contribution in [-0.2, 0) is 10.3 Å². The number of carbonyl (C=O) groups is 3. The van der Waals surface area contributed by atoms with Gasteiger partial charge >= 0.3 is 6.03 Å². The Bertz CT molecular complexity index is 1390. The number of methoxy groups -OCH3 is 1. The fraction of sp³-hybridized carbons (Fsp3) is 0.229. The van der Waals surface area contributed by atoms with Crippen molar-refractivity contribution >= 4 is 17.7 Å². The molecule has 1 heterocycles. The highest BCUT2D eigenvalue weighted by atomic mass is 16.5. The molecule has 41 heavy (non-hydrogen) atoms. The van der Waals surface area contributed by atoms with E-state index in [2.05, 4.69) is 0 Å². The van der Waals surface area contributed by atoms with Crippen LogP contribution in [-0.4, -0.2) is 47.2 Å². The van der Waals surface area contributed by atoms with E-state index in [9.17, 15) is 14.4 Å². The largest absolute Gasteiger partial charge is 0.497 e. The van der Waals surface area contributed by atoms with Gasteiger partial charge in [-0.15, -0.1) is 0 Å². The molecular weight excluding hydrogens is 512 g/mol. The highest BCUT2D eigenvalue weighted by molar-refractivity contribution is 6.09. The maximum absolute atomic E-state index is 14.6. The van der Waals surface area contributed by atoms with Crippen molar-refractivity contribution in [1.29, 1.82) is 0 Å². The van der Waals surface area contributed by atoms with E-state index >= 15 is 0 Å². The Morgan fingerprint density at radius 3 is 1.68 bits per heavy atom. The molecule has 0 aliphatic carbocycles. The van der Waals surface area contributed by atoms with Gasteiger partial charge < -0.3 is 9.64 Å². The molecule has 1 saturated heterocycles. The summed E-state index contributed by atoms with van der Waals surface area (Å²) in [5.41, 5.74) is 1.60. The number of rotatable bonds is 11. The van der Waals surface area contributed by atoms with Gasteiger partial charge in [0.25, 0.3) is 5.91 Å². The number of nitrogens with zero attached hydrogens (tertiary/aromatic N) is 2. The van der Waals surface area contributed by atoms with Crippen LogP contribution in [0.1, 0.15) is 53.2 Å². The lowest BCUT2D eigenvalue weighted by Gasteiger charge is -2.42. The van der Waals surface area contributed by atoms with Crippen molar-refractivity contribution in [3.8, 4) is 5.75 Å². The molecule has 0 spiro atoms. The minimum Gasteiger partial charge on any atom is -0.497 e. The Morgan fingerprint density at radius 2 is 1.24 bits per heavy atom. The highest BCUT2D eigenvalue weighted by Gasteiger charge is 2.56. The number of hydrogen-bond donors (Lipinski definition) is 0. The SMILES string of the molecule is CCCCN1C(=O)N(C(c2ccccc2)(c2ccccc2)c2ccccc2)C(=O)C1CC(=O)c1ccc(OC)cc1. The van der Waals surface area contributed by atoms with Crippen molar-refractivity contribution < 1.29 is 19.1 Å². The molecule has 0 N–H and O–H groups in total. The summed E-state index contributed by atoms with van der Waals surface area (Å²) in [6, 6.07) is 34.5. The Morgan fingerprint density at radius 1 is 0.756 bits per heavy atom. The van der Waals surface area contributed by atoms with Crippen LogP contribution in [0.5, 0.6) is 5.75 Å². The molecule has 1 aliphatic heterocycles. The van der Waals surface area contributed by atoms with Gasteiger partial charge in [0, 0.05) is 18.5 Å². The first-order valence-corrected chi connectivity index (χ1v) is 14.0. The molecule has 0 aromatic heterocycles. The fourth-order valence-electron chi connectivity index (χ4n) is 5.72.